The lowest BCUT2D eigenvalue weighted by molar-refractivity contribution is 0.953. The lowest BCUT2D eigenvalue weighted by Crippen LogP contribution is -2.20. The van der Waals surface area contributed by atoms with Crippen molar-refractivity contribution in [2.45, 2.75) is 27.2 Å². The normalized spacial score (nSPS) is 11.0. The van der Waals surface area contributed by atoms with E-state index in [1.807, 2.05) is 6.92 Å². The summed E-state index contributed by atoms with van der Waals surface area (Å²) in [6.07, 6.45) is 8.17. The van der Waals surface area contributed by atoms with Gasteiger partial charge in [0.1, 0.15) is 0 Å². The van der Waals surface area contributed by atoms with Gasteiger partial charge in [-0.25, -0.2) is 0 Å². The van der Waals surface area contributed by atoms with Crippen LogP contribution in [0.5, 0.6) is 0 Å². The first-order valence-corrected chi connectivity index (χ1v) is 5.72. The Morgan fingerprint density at radius 1 is 1.31 bits per heavy atom. The minimum Gasteiger partial charge on any atom is -0.345 e. The smallest absolute Gasteiger partial charge is 0.0408 e. The summed E-state index contributed by atoms with van der Waals surface area (Å²) in [5.74, 6) is 2.57. The minimum atomic E-state index is 0.926. The second-order valence-electron chi connectivity index (χ2n) is 3.72. The number of terminal acetylenes is 1. The molecule has 0 aromatic heterocycles. The van der Waals surface area contributed by atoms with Gasteiger partial charge in [-0.1, -0.05) is 25.0 Å². The number of hydrogen-bond acceptors (Lipinski definition) is 1. The number of anilines is 1. The molecule has 0 aliphatic rings. The molecule has 16 heavy (non-hydrogen) atoms. The van der Waals surface area contributed by atoms with Crippen molar-refractivity contribution in [3.05, 3.63) is 41.6 Å². The van der Waals surface area contributed by atoms with Crippen LogP contribution in [0.15, 0.2) is 36.0 Å². The number of nitrogens with zero attached hydrogens (tertiary/aromatic N) is 1. The van der Waals surface area contributed by atoms with E-state index < -0.39 is 0 Å². The van der Waals surface area contributed by atoms with E-state index in [0.29, 0.717) is 0 Å². The molecule has 0 saturated heterocycles. The van der Waals surface area contributed by atoms with Gasteiger partial charge in [-0.2, -0.15) is 0 Å². The van der Waals surface area contributed by atoms with Crippen LogP contribution in [-0.2, 0) is 6.42 Å². The molecule has 0 aliphatic carbocycles. The summed E-state index contributed by atoms with van der Waals surface area (Å²) in [6.45, 7) is 7.25. The molecule has 0 fully saturated rings. The number of rotatable bonds is 4. The zero-order chi connectivity index (χ0) is 12.0. The van der Waals surface area contributed by atoms with E-state index in [4.69, 9.17) is 6.42 Å². The Hall–Kier alpha value is -1.68. The van der Waals surface area contributed by atoms with Gasteiger partial charge < -0.3 is 4.90 Å². The van der Waals surface area contributed by atoms with Crippen LogP contribution in [0.4, 0.5) is 5.69 Å². The number of allylic oxidation sites excluding steroid dienone is 2. The van der Waals surface area contributed by atoms with Crippen LogP contribution in [0, 0.1) is 12.3 Å². The Bertz CT molecular complexity index is 392. The summed E-state index contributed by atoms with van der Waals surface area (Å²) in [7, 11) is 0. The second kappa shape index (κ2) is 6.02. The summed E-state index contributed by atoms with van der Waals surface area (Å²) in [5, 5.41) is 0. The summed E-state index contributed by atoms with van der Waals surface area (Å²) in [5.41, 5.74) is 3.66. The maximum absolute atomic E-state index is 5.29. The fourth-order valence-corrected chi connectivity index (χ4v) is 1.75. The first kappa shape index (κ1) is 12.4. The molecule has 0 unspecified atom stereocenters. The number of benzene rings is 1. The largest absolute Gasteiger partial charge is 0.345 e. The van der Waals surface area contributed by atoms with Crippen molar-refractivity contribution < 1.29 is 0 Å². The molecule has 0 heterocycles. The van der Waals surface area contributed by atoms with Crippen LogP contribution in [0.2, 0.25) is 0 Å². The van der Waals surface area contributed by atoms with Crippen LogP contribution in [-0.4, -0.2) is 6.54 Å². The van der Waals surface area contributed by atoms with Gasteiger partial charge in [0.2, 0.25) is 0 Å². The lowest BCUT2D eigenvalue weighted by Gasteiger charge is -2.23. The van der Waals surface area contributed by atoms with Gasteiger partial charge in [0.25, 0.3) is 0 Å². The SMILES string of the molecule is C#C/C=C(/C)N(CC)c1ccc(CC)cc1. The summed E-state index contributed by atoms with van der Waals surface area (Å²) in [4.78, 5) is 2.21. The highest BCUT2D eigenvalue weighted by atomic mass is 15.1. The van der Waals surface area contributed by atoms with E-state index in [9.17, 15) is 0 Å². The van der Waals surface area contributed by atoms with Gasteiger partial charge in [0.05, 0.1) is 0 Å². The average molecular weight is 213 g/mol. The average Bonchev–Trinajstić information content (AvgIpc) is 2.31. The zero-order valence-corrected chi connectivity index (χ0v) is 10.3. The molecule has 1 aromatic rings. The number of aryl methyl sites for hydroxylation is 1. The van der Waals surface area contributed by atoms with Gasteiger partial charge in [-0.3, -0.25) is 0 Å². The Morgan fingerprint density at radius 3 is 2.38 bits per heavy atom. The molecule has 84 valence electrons. The first-order valence-electron chi connectivity index (χ1n) is 5.72. The van der Waals surface area contributed by atoms with Crippen molar-refractivity contribution in [1.82, 2.24) is 0 Å². The highest BCUT2D eigenvalue weighted by Gasteiger charge is 2.05. The van der Waals surface area contributed by atoms with Crippen LogP contribution >= 0.6 is 0 Å². The van der Waals surface area contributed by atoms with Crippen molar-refractivity contribution in [3.63, 3.8) is 0 Å². The van der Waals surface area contributed by atoms with E-state index in [1.54, 1.807) is 6.08 Å². The lowest BCUT2D eigenvalue weighted by atomic mass is 10.1. The van der Waals surface area contributed by atoms with Crippen molar-refractivity contribution in [1.29, 1.82) is 0 Å². The molecule has 0 N–H and O–H groups in total. The molecule has 1 rings (SSSR count). The van der Waals surface area contributed by atoms with E-state index >= 15 is 0 Å². The molecule has 0 aliphatic heterocycles. The highest BCUT2D eigenvalue weighted by molar-refractivity contribution is 5.53. The Kier molecular flexibility index (Phi) is 4.66. The van der Waals surface area contributed by atoms with Gasteiger partial charge >= 0.3 is 0 Å². The minimum absolute atomic E-state index is 0.926. The van der Waals surface area contributed by atoms with E-state index in [0.717, 1.165) is 18.7 Å². The third kappa shape index (κ3) is 2.90. The quantitative estimate of drug-likeness (QED) is 0.691. The molecule has 0 bridgehead atoms. The Labute approximate surface area is 98.8 Å². The van der Waals surface area contributed by atoms with Crippen molar-refractivity contribution in [3.8, 4) is 12.3 Å². The third-order valence-corrected chi connectivity index (χ3v) is 2.69. The monoisotopic (exact) mass is 213 g/mol. The molecule has 0 atom stereocenters. The molecule has 1 aromatic carbocycles. The molecule has 0 saturated carbocycles. The van der Waals surface area contributed by atoms with Gasteiger partial charge in [0.15, 0.2) is 0 Å². The van der Waals surface area contributed by atoms with Gasteiger partial charge in [-0.05, 0) is 38.0 Å². The maximum atomic E-state index is 5.29. The van der Waals surface area contributed by atoms with Crippen LogP contribution in [0.3, 0.4) is 0 Å². The molecule has 1 nitrogen and oxygen atoms in total. The third-order valence-electron chi connectivity index (χ3n) is 2.69. The standard InChI is InChI=1S/C15H19N/c1-5-8-13(4)16(7-3)15-11-9-14(6-2)10-12-15/h1,8-12H,6-7H2,2-4H3/b13-8-. The van der Waals surface area contributed by atoms with E-state index in [1.165, 1.54) is 11.3 Å². The molecule has 0 radical (unpaired) electrons. The molecular weight excluding hydrogens is 194 g/mol. The van der Waals surface area contributed by atoms with Crippen molar-refractivity contribution in [2.24, 2.45) is 0 Å². The van der Waals surface area contributed by atoms with Crippen LogP contribution < -0.4 is 4.90 Å². The number of hydrogen-bond donors (Lipinski definition) is 0. The molecule has 0 amide bonds. The van der Waals surface area contributed by atoms with Crippen molar-refractivity contribution in [2.75, 3.05) is 11.4 Å². The zero-order valence-electron chi connectivity index (χ0n) is 10.3. The summed E-state index contributed by atoms with van der Waals surface area (Å²) in [6, 6.07) is 8.63. The molecule has 1 heteroatoms. The topological polar surface area (TPSA) is 3.24 Å². The summed E-state index contributed by atoms with van der Waals surface area (Å²) < 4.78 is 0. The van der Waals surface area contributed by atoms with Crippen LogP contribution in [0.1, 0.15) is 26.3 Å². The second-order valence-corrected chi connectivity index (χ2v) is 3.72. The van der Waals surface area contributed by atoms with E-state index in [2.05, 4.69) is 48.9 Å². The summed E-state index contributed by atoms with van der Waals surface area (Å²) >= 11 is 0. The van der Waals surface area contributed by atoms with Crippen LogP contribution in [0.25, 0.3) is 0 Å². The fraction of sp³-hybridized carbons (Fsp3) is 0.333. The van der Waals surface area contributed by atoms with E-state index in [-0.39, 0.29) is 0 Å². The first-order chi connectivity index (χ1) is 7.72. The molecule has 0 spiro atoms. The Morgan fingerprint density at radius 2 is 1.94 bits per heavy atom. The predicted octanol–water partition coefficient (Wildman–Crippen LogP) is 3.61. The Balaban J connectivity index is 2.96. The van der Waals surface area contributed by atoms with Crippen molar-refractivity contribution >= 4 is 5.69 Å². The maximum Gasteiger partial charge on any atom is 0.0408 e. The fourth-order valence-electron chi connectivity index (χ4n) is 1.75. The van der Waals surface area contributed by atoms with Gasteiger partial charge in [-0.15, -0.1) is 6.42 Å². The predicted molar refractivity (Wildman–Crippen MR) is 71.4 cm³/mol. The molecular formula is C15H19N. The van der Waals surface area contributed by atoms with Gasteiger partial charge in [0, 0.05) is 24.0 Å². The highest BCUT2D eigenvalue weighted by Crippen LogP contribution is 2.19.